The number of hydrogen-bond donors (Lipinski definition) is 1. The van der Waals surface area contributed by atoms with E-state index in [0.717, 1.165) is 23.5 Å². The van der Waals surface area contributed by atoms with Crippen LogP contribution in [0.3, 0.4) is 0 Å². The van der Waals surface area contributed by atoms with Crippen LogP contribution >= 0.6 is 11.3 Å². The molecule has 1 aromatic heterocycles. The molecule has 0 aromatic carbocycles. The number of nitrogens with zero attached hydrogens (tertiary/aromatic N) is 1. The minimum Gasteiger partial charge on any atom is -0.481 e. The van der Waals surface area contributed by atoms with E-state index >= 15 is 0 Å². The molecule has 1 aromatic rings. The van der Waals surface area contributed by atoms with Crippen LogP contribution in [0.25, 0.3) is 0 Å². The second kappa shape index (κ2) is 6.60. The summed E-state index contributed by atoms with van der Waals surface area (Å²) in [4.78, 5) is 14.8. The summed E-state index contributed by atoms with van der Waals surface area (Å²) in [5.74, 6) is -0.786. The van der Waals surface area contributed by atoms with E-state index in [1.807, 2.05) is 5.38 Å². The minimum absolute atomic E-state index is 0.0496. The van der Waals surface area contributed by atoms with E-state index in [1.165, 1.54) is 0 Å². The molecule has 0 aliphatic rings. The molecular formula is C11H17NO3S. The summed E-state index contributed by atoms with van der Waals surface area (Å²) >= 11 is 1.54. The van der Waals surface area contributed by atoms with E-state index in [0.29, 0.717) is 6.42 Å². The molecule has 0 aliphatic carbocycles. The van der Waals surface area contributed by atoms with Crippen LogP contribution in [0, 0.1) is 0 Å². The summed E-state index contributed by atoms with van der Waals surface area (Å²) in [5, 5.41) is 11.4. The van der Waals surface area contributed by atoms with Crippen molar-refractivity contribution in [3.05, 3.63) is 16.1 Å². The highest BCUT2D eigenvalue weighted by Gasteiger charge is 2.14. The molecule has 0 saturated heterocycles. The van der Waals surface area contributed by atoms with Gasteiger partial charge in [0, 0.05) is 18.9 Å². The second-order valence-corrected chi connectivity index (χ2v) is 4.47. The smallest absolute Gasteiger partial charge is 0.303 e. The standard InChI is InChI=1S/C11H17NO3S/c1-3-4-9(15-2)11-12-8(7-16-11)5-6-10(13)14/h7,9H,3-6H2,1-2H3,(H,13,14). The Morgan fingerprint density at radius 2 is 2.44 bits per heavy atom. The molecule has 0 aliphatic heterocycles. The summed E-state index contributed by atoms with van der Waals surface area (Å²) in [6.45, 7) is 2.10. The zero-order valence-electron chi connectivity index (χ0n) is 9.60. The Morgan fingerprint density at radius 1 is 1.69 bits per heavy atom. The van der Waals surface area contributed by atoms with Crippen LogP contribution in [0.1, 0.15) is 43.0 Å². The van der Waals surface area contributed by atoms with Gasteiger partial charge in [-0.2, -0.15) is 0 Å². The van der Waals surface area contributed by atoms with E-state index in [9.17, 15) is 4.79 Å². The van der Waals surface area contributed by atoms with Crippen LogP contribution in [-0.4, -0.2) is 23.2 Å². The first-order valence-electron chi connectivity index (χ1n) is 5.36. The largest absolute Gasteiger partial charge is 0.481 e. The quantitative estimate of drug-likeness (QED) is 0.799. The van der Waals surface area contributed by atoms with Crippen molar-refractivity contribution in [1.82, 2.24) is 4.98 Å². The van der Waals surface area contributed by atoms with Gasteiger partial charge in [-0.25, -0.2) is 4.98 Å². The van der Waals surface area contributed by atoms with Gasteiger partial charge in [0.2, 0.25) is 0 Å². The van der Waals surface area contributed by atoms with Gasteiger partial charge in [0.1, 0.15) is 11.1 Å². The number of methoxy groups -OCH3 is 1. The molecule has 5 heteroatoms. The fourth-order valence-corrected chi connectivity index (χ4v) is 2.39. The van der Waals surface area contributed by atoms with E-state index in [4.69, 9.17) is 9.84 Å². The molecule has 0 spiro atoms. The van der Waals surface area contributed by atoms with Crippen LogP contribution in [0.15, 0.2) is 5.38 Å². The Balaban J connectivity index is 2.58. The molecule has 16 heavy (non-hydrogen) atoms. The third-order valence-electron chi connectivity index (χ3n) is 2.28. The fraction of sp³-hybridized carbons (Fsp3) is 0.636. The maximum Gasteiger partial charge on any atom is 0.303 e. The first-order chi connectivity index (χ1) is 7.67. The molecule has 0 fully saturated rings. The van der Waals surface area contributed by atoms with Crippen molar-refractivity contribution in [2.24, 2.45) is 0 Å². The monoisotopic (exact) mass is 243 g/mol. The molecule has 0 bridgehead atoms. The Bertz CT molecular complexity index is 338. The van der Waals surface area contributed by atoms with Crippen molar-refractivity contribution in [1.29, 1.82) is 0 Å². The Hall–Kier alpha value is -0.940. The van der Waals surface area contributed by atoms with Gasteiger partial charge in [-0.15, -0.1) is 11.3 Å². The van der Waals surface area contributed by atoms with E-state index in [1.54, 1.807) is 18.4 Å². The summed E-state index contributed by atoms with van der Waals surface area (Å²) in [6, 6.07) is 0. The minimum atomic E-state index is -0.786. The highest BCUT2D eigenvalue weighted by molar-refractivity contribution is 7.09. The van der Waals surface area contributed by atoms with Gasteiger partial charge in [-0.3, -0.25) is 4.79 Å². The SMILES string of the molecule is CCCC(OC)c1nc(CCC(=O)O)cs1. The lowest BCUT2D eigenvalue weighted by molar-refractivity contribution is -0.136. The lowest BCUT2D eigenvalue weighted by atomic mass is 10.2. The topological polar surface area (TPSA) is 59.4 Å². The van der Waals surface area contributed by atoms with Gasteiger partial charge >= 0.3 is 5.97 Å². The molecule has 0 radical (unpaired) electrons. The van der Waals surface area contributed by atoms with Crippen LogP contribution in [0.5, 0.6) is 0 Å². The van der Waals surface area contributed by atoms with Gasteiger partial charge < -0.3 is 9.84 Å². The number of aromatic nitrogens is 1. The zero-order chi connectivity index (χ0) is 12.0. The average Bonchev–Trinajstić information content (AvgIpc) is 2.71. The van der Waals surface area contributed by atoms with Gasteiger partial charge in [-0.1, -0.05) is 13.3 Å². The molecule has 1 unspecified atom stereocenters. The third-order valence-corrected chi connectivity index (χ3v) is 3.26. The van der Waals surface area contributed by atoms with Gasteiger partial charge in [0.05, 0.1) is 12.1 Å². The fourth-order valence-electron chi connectivity index (χ4n) is 1.42. The molecule has 1 atom stereocenters. The molecule has 1 heterocycles. The highest BCUT2D eigenvalue weighted by Crippen LogP contribution is 2.25. The number of carboxylic acid groups (broad SMARTS) is 1. The molecule has 4 nitrogen and oxygen atoms in total. The number of carbonyl (C=O) groups is 1. The summed E-state index contributed by atoms with van der Waals surface area (Å²) in [6.07, 6.45) is 2.67. The Labute approximate surface area is 99.3 Å². The highest BCUT2D eigenvalue weighted by atomic mass is 32.1. The Kier molecular flexibility index (Phi) is 5.42. The average molecular weight is 243 g/mol. The molecule has 1 rings (SSSR count). The van der Waals surface area contributed by atoms with Gasteiger partial charge in [0.25, 0.3) is 0 Å². The number of aliphatic carboxylic acids is 1. The predicted molar refractivity (Wildman–Crippen MR) is 62.7 cm³/mol. The maximum absolute atomic E-state index is 10.4. The van der Waals surface area contributed by atoms with Crippen LogP contribution < -0.4 is 0 Å². The number of rotatable bonds is 7. The normalized spacial score (nSPS) is 12.6. The summed E-state index contributed by atoms with van der Waals surface area (Å²) in [5.41, 5.74) is 0.848. The predicted octanol–water partition coefficient (Wildman–Crippen LogP) is 2.65. The van der Waals surface area contributed by atoms with E-state index in [2.05, 4.69) is 11.9 Å². The molecule has 0 saturated carbocycles. The third kappa shape index (κ3) is 3.90. The Morgan fingerprint density at radius 3 is 3.00 bits per heavy atom. The molecular weight excluding hydrogens is 226 g/mol. The van der Waals surface area contributed by atoms with Crippen LogP contribution in [-0.2, 0) is 16.0 Å². The van der Waals surface area contributed by atoms with Crippen molar-refractivity contribution >= 4 is 17.3 Å². The second-order valence-electron chi connectivity index (χ2n) is 3.58. The number of aryl methyl sites for hydroxylation is 1. The van der Waals surface area contributed by atoms with Crippen molar-refractivity contribution in [2.75, 3.05) is 7.11 Å². The summed E-state index contributed by atoms with van der Waals surface area (Å²) in [7, 11) is 1.68. The lowest BCUT2D eigenvalue weighted by Crippen LogP contribution is -2.02. The molecule has 0 amide bonds. The van der Waals surface area contributed by atoms with Crippen molar-refractivity contribution in [2.45, 2.75) is 38.7 Å². The number of hydrogen-bond acceptors (Lipinski definition) is 4. The first-order valence-corrected chi connectivity index (χ1v) is 6.24. The maximum atomic E-state index is 10.4. The number of carboxylic acids is 1. The van der Waals surface area contributed by atoms with Gasteiger partial charge in [0.15, 0.2) is 0 Å². The van der Waals surface area contributed by atoms with E-state index in [-0.39, 0.29) is 12.5 Å². The van der Waals surface area contributed by atoms with Crippen molar-refractivity contribution in [3.63, 3.8) is 0 Å². The molecule has 90 valence electrons. The zero-order valence-corrected chi connectivity index (χ0v) is 10.4. The number of ether oxygens (including phenoxy) is 1. The molecule has 1 N–H and O–H groups in total. The van der Waals surface area contributed by atoms with Gasteiger partial charge in [-0.05, 0) is 6.42 Å². The summed E-state index contributed by atoms with van der Waals surface area (Å²) < 4.78 is 5.35. The lowest BCUT2D eigenvalue weighted by Gasteiger charge is -2.10. The number of thiazole rings is 1. The van der Waals surface area contributed by atoms with Crippen LogP contribution in [0.2, 0.25) is 0 Å². The van der Waals surface area contributed by atoms with Crippen molar-refractivity contribution in [3.8, 4) is 0 Å². The first kappa shape index (κ1) is 13.1. The van der Waals surface area contributed by atoms with Crippen molar-refractivity contribution < 1.29 is 14.6 Å². The van der Waals surface area contributed by atoms with E-state index < -0.39 is 5.97 Å². The van der Waals surface area contributed by atoms with Crippen LogP contribution in [0.4, 0.5) is 0 Å².